The van der Waals surface area contributed by atoms with Gasteiger partial charge >= 0.3 is 0 Å². The molecule has 0 aliphatic carbocycles. The first-order chi connectivity index (χ1) is 10.1. The molecule has 3 rings (SSSR count). The van der Waals surface area contributed by atoms with Gasteiger partial charge in [-0.25, -0.2) is 4.98 Å². The summed E-state index contributed by atoms with van der Waals surface area (Å²) in [5.41, 5.74) is 8.45. The number of imidazole rings is 1. The van der Waals surface area contributed by atoms with Crippen LogP contribution in [0, 0.1) is 0 Å². The van der Waals surface area contributed by atoms with Gasteiger partial charge in [0.2, 0.25) is 0 Å². The van der Waals surface area contributed by atoms with Gasteiger partial charge in [-0.3, -0.25) is 0 Å². The Bertz CT molecular complexity index is 811. The number of nitrogens with zero attached hydrogens (tertiary/aromatic N) is 2. The molecular weight excluding hydrogens is 329 g/mol. The lowest BCUT2D eigenvalue weighted by Crippen LogP contribution is -2.10. The lowest BCUT2D eigenvalue weighted by atomic mass is 10.2. The Kier molecular flexibility index (Phi) is 4.09. The number of rotatable bonds is 3. The highest BCUT2D eigenvalue weighted by molar-refractivity contribution is 6.44. The van der Waals surface area contributed by atoms with Crippen molar-refractivity contribution in [2.24, 2.45) is 5.73 Å². The number of aromatic nitrogens is 2. The van der Waals surface area contributed by atoms with E-state index in [1.54, 1.807) is 12.1 Å². The molecule has 0 saturated carbocycles. The Morgan fingerprint density at radius 2 is 1.71 bits per heavy atom. The van der Waals surface area contributed by atoms with Gasteiger partial charge < -0.3 is 10.3 Å². The Balaban J connectivity index is 2.16. The molecule has 0 unspecified atom stereocenters. The summed E-state index contributed by atoms with van der Waals surface area (Å²) in [5.74, 6) is 0.781. The summed E-state index contributed by atoms with van der Waals surface area (Å²) in [6, 6.07) is 11.3. The molecule has 1 aromatic heterocycles. The van der Waals surface area contributed by atoms with Crippen LogP contribution in [-0.4, -0.2) is 9.55 Å². The molecule has 0 bridgehead atoms. The van der Waals surface area contributed by atoms with Gasteiger partial charge in [0.05, 0.1) is 34.2 Å². The predicted octanol–water partition coefficient (Wildman–Crippen LogP) is 4.50. The number of nitrogens with two attached hydrogens (primary N) is 1. The van der Waals surface area contributed by atoms with Gasteiger partial charge in [0, 0.05) is 10.6 Å². The summed E-state index contributed by atoms with van der Waals surface area (Å²) in [5, 5.41) is 1.52. The van der Waals surface area contributed by atoms with E-state index in [-0.39, 0.29) is 0 Å². The molecule has 6 heteroatoms. The monoisotopic (exact) mass is 339 g/mol. The van der Waals surface area contributed by atoms with Crippen molar-refractivity contribution in [2.45, 2.75) is 13.1 Å². The molecule has 0 fully saturated rings. The van der Waals surface area contributed by atoms with Gasteiger partial charge in [0.25, 0.3) is 0 Å². The molecule has 2 N–H and O–H groups in total. The lowest BCUT2D eigenvalue weighted by molar-refractivity contribution is 0.744. The number of para-hydroxylation sites is 2. The zero-order valence-electron chi connectivity index (χ0n) is 11.0. The van der Waals surface area contributed by atoms with Gasteiger partial charge in [0.1, 0.15) is 5.82 Å². The molecule has 2 aromatic carbocycles. The highest BCUT2D eigenvalue weighted by Gasteiger charge is 2.14. The minimum atomic E-state index is 0.338. The van der Waals surface area contributed by atoms with Crippen LogP contribution in [0.4, 0.5) is 0 Å². The fourth-order valence-electron chi connectivity index (χ4n) is 2.33. The normalized spacial score (nSPS) is 11.2. The van der Waals surface area contributed by atoms with E-state index in [2.05, 4.69) is 4.98 Å². The molecule has 0 aliphatic heterocycles. The van der Waals surface area contributed by atoms with E-state index < -0.39 is 0 Å². The van der Waals surface area contributed by atoms with Crippen LogP contribution >= 0.6 is 34.8 Å². The molecule has 0 spiro atoms. The van der Waals surface area contributed by atoms with Crippen LogP contribution < -0.4 is 5.73 Å². The van der Waals surface area contributed by atoms with E-state index in [1.807, 2.05) is 28.8 Å². The Morgan fingerprint density at radius 3 is 2.48 bits per heavy atom. The van der Waals surface area contributed by atoms with Crippen molar-refractivity contribution < 1.29 is 0 Å². The van der Waals surface area contributed by atoms with Crippen LogP contribution in [0.2, 0.25) is 15.1 Å². The average molecular weight is 341 g/mol. The molecule has 0 radical (unpaired) electrons. The van der Waals surface area contributed by atoms with Crippen molar-refractivity contribution in [1.82, 2.24) is 9.55 Å². The predicted molar refractivity (Wildman–Crippen MR) is 88.2 cm³/mol. The van der Waals surface area contributed by atoms with Crippen molar-refractivity contribution in [3.8, 4) is 0 Å². The van der Waals surface area contributed by atoms with E-state index >= 15 is 0 Å². The molecule has 0 aliphatic rings. The summed E-state index contributed by atoms with van der Waals surface area (Å²) in [6.07, 6.45) is 0. The topological polar surface area (TPSA) is 43.8 Å². The smallest absolute Gasteiger partial charge is 0.123 e. The third kappa shape index (κ3) is 2.62. The van der Waals surface area contributed by atoms with Crippen molar-refractivity contribution in [2.75, 3.05) is 0 Å². The standard InChI is InChI=1S/C15H12Cl3N3/c16-10-5-6-11(17)15(18)9(10)8-21-13-4-2-1-3-12(13)20-14(21)7-19/h1-6H,7-8,19H2. The molecule has 3 aromatic rings. The lowest BCUT2D eigenvalue weighted by Gasteiger charge is -2.12. The summed E-state index contributed by atoms with van der Waals surface area (Å²) in [6.45, 7) is 0.815. The first-order valence-corrected chi connectivity index (χ1v) is 7.51. The second-order valence-electron chi connectivity index (χ2n) is 4.63. The number of halogens is 3. The maximum atomic E-state index is 6.28. The van der Waals surface area contributed by atoms with Gasteiger partial charge in [-0.1, -0.05) is 46.9 Å². The summed E-state index contributed by atoms with van der Waals surface area (Å²) >= 11 is 18.6. The number of fused-ring (bicyclic) bond motifs is 1. The van der Waals surface area contributed by atoms with Gasteiger partial charge in [-0.05, 0) is 24.3 Å². The van der Waals surface area contributed by atoms with Gasteiger partial charge in [-0.15, -0.1) is 0 Å². The highest BCUT2D eigenvalue weighted by Crippen LogP contribution is 2.33. The van der Waals surface area contributed by atoms with Crippen LogP contribution in [0.3, 0.4) is 0 Å². The molecule has 1 heterocycles. The van der Waals surface area contributed by atoms with Crippen molar-refractivity contribution in [1.29, 1.82) is 0 Å². The van der Waals surface area contributed by atoms with E-state index in [4.69, 9.17) is 40.5 Å². The maximum absolute atomic E-state index is 6.28. The van der Waals surface area contributed by atoms with Crippen LogP contribution in [0.15, 0.2) is 36.4 Å². The largest absolute Gasteiger partial charge is 0.324 e. The number of benzene rings is 2. The first kappa shape index (κ1) is 14.7. The van der Waals surface area contributed by atoms with Gasteiger partial charge in [0.15, 0.2) is 0 Å². The number of hydrogen-bond donors (Lipinski definition) is 1. The highest BCUT2D eigenvalue weighted by atomic mass is 35.5. The third-order valence-corrected chi connectivity index (χ3v) is 4.57. The van der Waals surface area contributed by atoms with Crippen LogP contribution in [0.1, 0.15) is 11.4 Å². The fraction of sp³-hybridized carbons (Fsp3) is 0.133. The van der Waals surface area contributed by atoms with Crippen molar-refractivity contribution in [3.05, 3.63) is 62.9 Å². The quantitative estimate of drug-likeness (QED) is 0.713. The molecule has 3 nitrogen and oxygen atoms in total. The zero-order chi connectivity index (χ0) is 15.0. The maximum Gasteiger partial charge on any atom is 0.123 e. The summed E-state index contributed by atoms with van der Waals surface area (Å²) in [4.78, 5) is 4.53. The van der Waals surface area contributed by atoms with Crippen molar-refractivity contribution in [3.63, 3.8) is 0 Å². The Hall–Kier alpha value is -1.26. The minimum absolute atomic E-state index is 0.338. The van der Waals surface area contributed by atoms with Crippen LogP contribution in [0.25, 0.3) is 11.0 Å². The first-order valence-electron chi connectivity index (χ1n) is 6.38. The Morgan fingerprint density at radius 1 is 1.00 bits per heavy atom. The SMILES string of the molecule is NCc1nc2ccccc2n1Cc1c(Cl)ccc(Cl)c1Cl. The summed E-state index contributed by atoms with van der Waals surface area (Å²) in [7, 11) is 0. The van der Waals surface area contributed by atoms with E-state index in [0.29, 0.717) is 28.2 Å². The van der Waals surface area contributed by atoms with E-state index in [0.717, 1.165) is 22.4 Å². The molecule has 108 valence electrons. The van der Waals surface area contributed by atoms with E-state index in [1.165, 1.54) is 0 Å². The van der Waals surface area contributed by atoms with Crippen LogP contribution in [-0.2, 0) is 13.1 Å². The molecule has 0 saturated heterocycles. The average Bonchev–Trinajstić information content (AvgIpc) is 2.85. The minimum Gasteiger partial charge on any atom is -0.324 e. The number of hydrogen-bond acceptors (Lipinski definition) is 2. The van der Waals surface area contributed by atoms with Gasteiger partial charge in [-0.2, -0.15) is 0 Å². The molecular formula is C15H12Cl3N3. The fourth-order valence-corrected chi connectivity index (χ4v) is 3.00. The second kappa shape index (κ2) is 5.85. The Labute approximate surface area is 137 Å². The molecule has 0 atom stereocenters. The molecule has 0 amide bonds. The third-order valence-electron chi connectivity index (χ3n) is 3.37. The second-order valence-corrected chi connectivity index (χ2v) is 5.82. The van der Waals surface area contributed by atoms with E-state index in [9.17, 15) is 0 Å². The molecule has 21 heavy (non-hydrogen) atoms. The zero-order valence-corrected chi connectivity index (χ0v) is 13.3. The summed E-state index contributed by atoms with van der Waals surface area (Å²) < 4.78 is 2.01. The van der Waals surface area contributed by atoms with Crippen molar-refractivity contribution >= 4 is 45.8 Å². The van der Waals surface area contributed by atoms with Crippen LogP contribution in [0.5, 0.6) is 0 Å².